The Labute approximate surface area is 112 Å². The summed E-state index contributed by atoms with van der Waals surface area (Å²) in [6.07, 6.45) is 0. The molecule has 0 aliphatic rings. The molecule has 102 valence electrons. The molecule has 0 saturated heterocycles. The third kappa shape index (κ3) is 3.09. The highest BCUT2D eigenvalue weighted by molar-refractivity contribution is 7.92. The van der Waals surface area contributed by atoms with E-state index in [1.165, 1.54) is 11.4 Å². The summed E-state index contributed by atoms with van der Waals surface area (Å²) in [5.41, 5.74) is -0.335. The third-order valence-corrected chi connectivity index (χ3v) is 4.69. The molecular weight excluding hydrogens is 296 g/mol. The summed E-state index contributed by atoms with van der Waals surface area (Å²) in [7, 11) is -3.95. The van der Waals surface area contributed by atoms with E-state index in [1.807, 2.05) is 4.72 Å². The van der Waals surface area contributed by atoms with Gasteiger partial charge in [0.1, 0.15) is 11.6 Å². The number of hydrogen-bond donors (Lipinski definition) is 2. The van der Waals surface area contributed by atoms with E-state index in [1.54, 1.807) is 0 Å². The molecule has 2 rings (SSSR count). The van der Waals surface area contributed by atoms with Crippen molar-refractivity contribution in [3.05, 3.63) is 46.2 Å². The number of anilines is 1. The van der Waals surface area contributed by atoms with E-state index >= 15 is 0 Å². The Morgan fingerprint density at radius 1 is 1.26 bits per heavy atom. The monoisotopic (exact) mass is 305 g/mol. The fourth-order valence-electron chi connectivity index (χ4n) is 1.36. The van der Waals surface area contributed by atoms with Gasteiger partial charge in [0.15, 0.2) is 0 Å². The lowest BCUT2D eigenvalue weighted by molar-refractivity contribution is 0.285. The Bertz CT molecular complexity index is 698. The smallest absolute Gasteiger partial charge is 0.262 e. The van der Waals surface area contributed by atoms with Crippen LogP contribution in [0.1, 0.15) is 4.88 Å². The van der Waals surface area contributed by atoms with E-state index in [0.717, 1.165) is 23.5 Å². The van der Waals surface area contributed by atoms with Gasteiger partial charge < -0.3 is 5.11 Å². The molecular formula is C11H9F2NO3S2. The minimum absolute atomic E-state index is 0.0784. The van der Waals surface area contributed by atoms with Gasteiger partial charge in [0.25, 0.3) is 10.0 Å². The number of rotatable bonds is 4. The summed E-state index contributed by atoms with van der Waals surface area (Å²) in [4.78, 5) is 0.394. The van der Waals surface area contributed by atoms with Crippen LogP contribution in [0.15, 0.2) is 34.5 Å². The topological polar surface area (TPSA) is 66.4 Å². The minimum Gasteiger partial charge on any atom is -0.391 e. The quantitative estimate of drug-likeness (QED) is 0.911. The van der Waals surface area contributed by atoms with E-state index < -0.39 is 21.7 Å². The van der Waals surface area contributed by atoms with Crippen LogP contribution in [0.25, 0.3) is 0 Å². The molecule has 0 aliphatic carbocycles. The standard InChI is InChI=1S/C11H9F2NO3S2/c12-7-1-2-11(10(13)3-7)14-19(16,17)9-4-8(5-15)18-6-9/h1-4,6,14-15H,5H2. The molecule has 2 aromatic rings. The Morgan fingerprint density at radius 3 is 2.58 bits per heavy atom. The number of benzene rings is 1. The molecule has 1 aromatic carbocycles. The van der Waals surface area contributed by atoms with Gasteiger partial charge in [-0.15, -0.1) is 11.3 Å². The molecule has 0 fully saturated rings. The van der Waals surface area contributed by atoms with Crippen molar-refractivity contribution < 1.29 is 22.3 Å². The summed E-state index contributed by atoms with van der Waals surface area (Å²) in [6.45, 7) is -0.273. The van der Waals surface area contributed by atoms with Crippen LogP contribution in [-0.2, 0) is 16.6 Å². The maximum atomic E-state index is 13.4. The van der Waals surface area contributed by atoms with Crippen LogP contribution in [0.2, 0.25) is 0 Å². The van der Waals surface area contributed by atoms with Crippen LogP contribution < -0.4 is 4.72 Å². The van der Waals surface area contributed by atoms with Gasteiger partial charge in [0.05, 0.1) is 17.2 Å². The van der Waals surface area contributed by atoms with Crippen LogP contribution in [0.3, 0.4) is 0 Å². The van der Waals surface area contributed by atoms with E-state index in [-0.39, 0.29) is 17.2 Å². The molecule has 0 aliphatic heterocycles. The number of hydrogen-bond acceptors (Lipinski definition) is 4. The zero-order chi connectivity index (χ0) is 14.0. The Morgan fingerprint density at radius 2 is 2.00 bits per heavy atom. The minimum atomic E-state index is -3.95. The fourth-order valence-corrected chi connectivity index (χ4v) is 3.56. The normalized spacial score (nSPS) is 11.5. The van der Waals surface area contributed by atoms with Crippen molar-refractivity contribution in [2.24, 2.45) is 0 Å². The first kappa shape index (κ1) is 13.9. The largest absolute Gasteiger partial charge is 0.391 e. The number of nitrogens with one attached hydrogen (secondary N) is 1. The Balaban J connectivity index is 2.30. The van der Waals surface area contributed by atoms with Gasteiger partial charge in [-0.25, -0.2) is 17.2 Å². The van der Waals surface area contributed by atoms with Crippen LogP contribution in [0.4, 0.5) is 14.5 Å². The third-order valence-electron chi connectivity index (χ3n) is 2.27. The van der Waals surface area contributed by atoms with E-state index in [0.29, 0.717) is 10.9 Å². The highest BCUT2D eigenvalue weighted by Gasteiger charge is 2.18. The predicted octanol–water partition coefficient (Wildman–Crippen LogP) is 2.32. The van der Waals surface area contributed by atoms with Gasteiger partial charge in [0.2, 0.25) is 0 Å². The lowest BCUT2D eigenvalue weighted by atomic mass is 10.3. The molecule has 0 bridgehead atoms. The fraction of sp³-hybridized carbons (Fsp3) is 0.0909. The second-order valence-electron chi connectivity index (χ2n) is 3.64. The summed E-state index contributed by atoms with van der Waals surface area (Å²) in [5, 5.41) is 10.2. The molecule has 2 N–H and O–H groups in total. The molecule has 0 unspecified atom stereocenters. The van der Waals surface area contributed by atoms with Gasteiger partial charge >= 0.3 is 0 Å². The van der Waals surface area contributed by atoms with Crippen molar-refractivity contribution in [1.29, 1.82) is 0 Å². The van der Waals surface area contributed by atoms with Crippen molar-refractivity contribution in [2.75, 3.05) is 4.72 Å². The first-order valence-electron chi connectivity index (χ1n) is 5.08. The summed E-state index contributed by atoms with van der Waals surface area (Å²) in [5.74, 6) is -1.79. The number of halogens is 2. The van der Waals surface area contributed by atoms with Crippen LogP contribution >= 0.6 is 11.3 Å². The van der Waals surface area contributed by atoms with Crippen molar-refractivity contribution in [3.8, 4) is 0 Å². The SMILES string of the molecule is O=S(=O)(Nc1ccc(F)cc1F)c1csc(CO)c1. The first-order chi connectivity index (χ1) is 8.92. The molecule has 0 saturated carbocycles. The van der Waals surface area contributed by atoms with E-state index in [2.05, 4.69) is 0 Å². The molecule has 0 amide bonds. The molecule has 1 aromatic heterocycles. The van der Waals surface area contributed by atoms with Gasteiger partial charge in [-0.3, -0.25) is 4.72 Å². The summed E-state index contributed by atoms with van der Waals surface area (Å²) < 4.78 is 51.9. The average molecular weight is 305 g/mol. The molecule has 0 radical (unpaired) electrons. The zero-order valence-electron chi connectivity index (χ0n) is 9.43. The second kappa shape index (κ2) is 5.24. The molecule has 4 nitrogen and oxygen atoms in total. The molecule has 8 heteroatoms. The summed E-state index contributed by atoms with van der Waals surface area (Å²) in [6, 6.07) is 3.83. The highest BCUT2D eigenvalue weighted by Crippen LogP contribution is 2.23. The first-order valence-corrected chi connectivity index (χ1v) is 7.45. The average Bonchev–Trinajstić information content (AvgIpc) is 2.82. The van der Waals surface area contributed by atoms with Gasteiger partial charge in [0, 0.05) is 16.3 Å². The highest BCUT2D eigenvalue weighted by atomic mass is 32.2. The van der Waals surface area contributed by atoms with Gasteiger partial charge in [-0.05, 0) is 18.2 Å². The molecule has 1 heterocycles. The van der Waals surface area contributed by atoms with Gasteiger partial charge in [-0.2, -0.15) is 0 Å². The van der Waals surface area contributed by atoms with Crippen LogP contribution in [-0.4, -0.2) is 13.5 Å². The van der Waals surface area contributed by atoms with Crippen LogP contribution in [0.5, 0.6) is 0 Å². The predicted molar refractivity (Wildman–Crippen MR) is 67.4 cm³/mol. The number of aliphatic hydroxyl groups excluding tert-OH is 1. The van der Waals surface area contributed by atoms with Crippen LogP contribution in [0, 0.1) is 11.6 Å². The Hall–Kier alpha value is -1.51. The lowest BCUT2D eigenvalue weighted by Gasteiger charge is -2.07. The van der Waals surface area contributed by atoms with Crippen molar-refractivity contribution in [2.45, 2.75) is 11.5 Å². The van der Waals surface area contributed by atoms with E-state index in [4.69, 9.17) is 5.11 Å². The maximum Gasteiger partial charge on any atom is 0.262 e. The second-order valence-corrected chi connectivity index (χ2v) is 6.31. The number of sulfonamides is 1. The maximum absolute atomic E-state index is 13.4. The zero-order valence-corrected chi connectivity index (χ0v) is 11.1. The van der Waals surface area contributed by atoms with Crippen molar-refractivity contribution >= 4 is 27.0 Å². The van der Waals surface area contributed by atoms with Gasteiger partial charge in [-0.1, -0.05) is 0 Å². The molecule has 19 heavy (non-hydrogen) atoms. The van der Waals surface area contributed by atoms with Crippen molar-refractivity contribution in [3.63, 3.8) is 0 Å². The molecule has 0 spiro atoms. The number of aliphatic hydroxyl groups is 1. The van der Waals surface area contributed by atoms with E-state index in [9.17, 15) is 17.2 Å². The lowest BCUT2D eigenvalue weighted by Crippen LogP contribution is -2.13. The Kier molecular flexibility index (Phi) is 3.83. The number of thiophene rings is 1. The molecule has 0 atom stereocenters. The summed E-state index contributed by atoms with van der Waals surface area (Å²) >= 11 is 1.07. The van der Waals surface area contributed by atoms with Crippen molar-refractivity contribution in [1.82, 2.24) is 0 Å².